The van der Waals surface area contributed by atoms with Crippen LogP contribution in [0.25, 0.3) is 0 Å². The molecule has 0 aromatic carbocycles. The Morgan fingerprint density at radius 2 is 2.35 bits per heavy atom. The predicted molar refractivity (Wildman–Crippen MR) is 91.3 cm³/mol. The van der Waals surface area contributed by atoms with Gasteiger partial charge in [0.2, 0.25) is 0 Å². The van der Waals surface area contributed by atoms with E-state index >= 15 is 0 Å². The lowest BCUT2D eigenvalue weighted by atomic mass is 10.0. The summed E-state index contributed by atoms with van der Waals surface area (Å²) in [7, 11) is 0. The van der Waals surface area contributed by atoms with Gasteiger partial charge < -0.3 is 15.2 Å². The van der Waals surface area contributed by atoms with Crippen LogP contribution in [0.2, 0.25) is 0 Å². The van der Waals surface area contributed by atoms with Gasteiger partial charge in [0.1, 0.15) is 6.54 Å². The van der Waals surface area contributed by atoms with Gasteiger partial charge >= 0.3 is 0 Å². The van der Waals surface area contributed by atoms with E-state index in [1.165, 1.54) is 12.8 Å². The smallest absolute Gasteiger partial charge is 0.191 e. The third-order valence-electron chi connectivity index (χ3n) is 3.55. The van der Waals surface area contributed by atoms with E-state index < -0.39 is 0 Å². The number of likely N-dealkylation sites (tertiary alicyclic amines) is 1. The molecule has 2 N–H and O–H groups in total. The van der Waals surface area contributed by atoms with Gasteiger partial charge in [0.25, 0.3) is 0 Å². The summed E-state index contributed by atoms with van der Waals surface area (Å²) in [6.07, 6.45) is 2.47. The SMILES string of the molecule is CC1CCCN(C(N)=NCc2cc(C(C)C)no2)C1.I. The molecule has 1 fully saturated rings. The summed E-state index contributed by atoms with van der Waals surface area (Å²) in [5.41, 5.74) is 7.01. The van der Waals surface area contributed by atoms with Crippen LogP contribution >= 0.6 is 24.0 Å². The van der Waals surface area contributed by atoms with E-state index in [0.29, 0.717) is 24.3 Å². The van der Waals surface area contributed by atoms with Crippen molar-refractivity contribution in [1.82, 2.24) is 10.1 Å². The lowest BCUT2D eigenvalue weighted by molar-refractivity contribution is 0.270. The van der Waals surface area contributed by atoms with E-state index in [1.54, 1.807) is 0 Å². The van der Waals surface area contributed by atoms with Crippen LogP contribution in [0, 0.1) is 5.92 Å². The number of aliphatic imine (C=N–C) groups is 1. The van der Waals surface area contributed by atoms with E-state index in [0.717, 1.165) is 24.5 Å². The Morgan fingerprint density at radius 3 is 2.95 bits per heavy atom. The molecule has 114 valence electrons. The van der Waals surface area contributed by atoms with Crippen LogP contribution in [0.15, 0.2) is 15.6 Å². The standard InChI is InChI=1S/C14H24N4O.HI/c1-10(2)13-7-12(19-17-13)8-16-14(15)18-6-4-5-11(3)9-18;/h7,10-11H,4-6,8-9H2,1-3H3,(H2,15,16);1H. The Kier molecular flexibility index (Phi) is 6.78. The summed E-state index contributed by atoms with van der Waals surface area (Å²) >= 11 is 0. The van der Waals surface area contributed by atoms with E-state index in [-0.39, 0.29) is 24.0 Å². The average Bonchev–Trinajstić information content (AvgIpc) is 2.85. The number of halogens is 1. The molecule has 5 nitrogen and oxygen atoms in total. The van der Waals surface area contributed by atoms with Gasteiger partial charge in [-0.2, -0.15) is 0 Å². The minimum atomic E-state index is 0. The number of aromatic nitrogens is 1. The molecular weight excluding hydrogens is 367 g/mol. The number of guanidine groups is 1. The molecule has 1 atom stereocenters. The summed E-state index contributed by atoms with van der Waals surface area (Å²) in [6.45, 7) is 8.92. The average molecular weight is 392 g/mol. The van der Waals surface area contributed by atoms with Crippen LogP contribution in [0.3, 0.4) is 0 Å². The third-order valence-corrected chi connectivity index (χ3v) is 3.55. The Labute approximate surface area is 138 Å². The molecular formula is C14H25IN4O. The number of nitrogens with zero attached hydrogens (tertiary/aromatic N) is 3. The molecule has 1 saturated heterocycles. The second-order valence-electron chi connectivity index (χ2n) is 5.74. The zero-order valence-electron chi connectivity index (χ0n) is 12.5. The first-order valence-electron chi connectivity index (χ1n) is 7.06. The van der Waals surface area contributed by atoms with Crippen LogP contribution in [0.4, 0.5) is 0 Å². The minimum Gasteiger partial charge on any atom is -0.370 e. The van der Waals surface area contributed by atoms with Crippen LogP contribution < -0.4 is 5.73 Å². The molecule has 0 bridgehead atoms. The zero-order valence-corrected chi connectivity index (χ0v) is 14.8. The van der Waals surface area contributed by atoms with Crippen molar-refractivity contribution in [1.29, 1.82) is 0 Å². The van der Waals surface area contributed by atoms with Crippen molar-refractivity contribution in [3.05, 3.63) is 17.5 Å². The molecule has 2 heterocycles. The van der Waals surface area contributed by atoms with Gasteiger partial charge in [-0.15, -0.1) is 24.0 Å². The van der Waals surface area contributed by atoms with Crippen molar-refractivity contribution in [3.63, 3.8) is 0 Å². The van der Waals surface area contributed by atoms with E-state index in [9.17, 15) is 0 Å². The molecule has 0 amide bonds. The maximum Gasteiger partial charge on any atom is 0.191 e. The molecule has 6 heteroatoms. The molecule has 0 saturated carbocycles. The van der Waals surface area contributed by atoms with Gasteiger partial charge in [0.15, 0.2) is 11.7 Å². The fraction of sp³-hybridized carbons (Fsp3) is 0.714. The molecule has 20 heavy (non-hydrogen) atoms. The van der Waals surface area contributed by atoms with Crippen LogP contribution in [0.5, 0.6) is 0 Å². The number of nitrogens with two attached hydrogens (primary N) is 1. The summed E-state index contributed by atoms with van der Waals surface area (Å²) in [5, 5.41) is 4.02. The molecule has 1 unspecified atom stereocenters. The Hall–Kier alpha value is -0.790. The van der Waals surface area contributed by atoms with Crippen molar-refractivity contribution >= 4 is 29.9 Å². The Morgan fingerprint density at radius 1 is 1.60 bits per heavy atom. The highest BCUT2D eigenvalue weighted by atomic mass is 127. The summed E-state index contributed by atoms with van der Waals surface area (Å²) in [4.78, 5) is 6.57. The van der Waals surface area contributed by atoms with Gasteiger partial charge in [0.05, 0.1) is 5.69 Å². The summed E-state index contributed by atoms with van der Waals surface area (Å²) < 4.78 is 5.25. The molecule has 1 aromatic heterocycles. The van der Waals surface area contributed by atoms with Crippen molar-refractivity contribution in [2.45, 2.75) is 46.1 Å². The van der Waals surface area contributed by atoms with Crippen LogP contribution in [-0.4, -0.2) is 29.1 Å². The predicted octanol–water partition coefficient (Wildman–Crippen LogP) is 2.96. The number of hydrogen-bond acceptors (Lipinski definition) is 3. The molecule has 1 aliphatic rings. The molecule has 2 rings (SSSR count). The van der Waals surface area contributed by atoms with Gasteiger partial charge in [-0.05, 0) is 24.7 Å². The highest BCUT2D eigenvalue weighted by Gasteiger charge is 2.17. The quantitative estimate of drug-likeness (QED) is 0.488. The highest BCUT2D eigenvalue weighted by Crippen LogP contribution is 2.16. The zero-order chi connectivity index (χ0) is 13.8. The maximum absolute atomic E-state index is 6.04. The van der Waals surface area contributed by atoms with E-state index in [2.05, 4.69) is 35.8 Å². The molecule has 0 spiro atoms. The van der Waals surface area contributed by atoms with Crippen LogP contribution in [0.1, 0.15) is 51.0 Å². The number of rotatable bonds is 3. The first-order valence-corrected chi connectivity index (χ1v) is 7.06. The first kappa shape index (κ1) is 17.3. The Balaban J connectivity index is 0.00000200. The molecule has 0 radical (unpaired) electrons. The largest absolute Gasteiger partial charge is 0.370 e. The normalized spacial score (nSPS) is 20.1. The monoisotopic (exact) mass is 392 g/mol. The fourth-order valence-corrected chi connectivity index (χ4v) is 2.33. The van der Waals surface area contributed by atoms with Crippen molar-refractivity contribution in [2.75, 3.05) is 13.1 Å². The maximum atomic E-state index is 6.04. The molecule has 1 aromatic rings. The third kappa shape index (κ3) is 4.64. The number of piperidine rings is 1. The van der Waals surface area contributed by atoms with Gasteiger partial charge in [-0.3, -0.25) is 0 Å². The molecule has 0 aliphatic carbocycles. The summed E-state index contributed by atoms with van der Waals surface area (Å²) in [6, 6.07) is 1.96. The van der Waals surface area contributed by atoms with Gasteiger partial charge in [-0.25, -0.2) is 4.99 Å². The van der Waals surface area contributed by atoms with Crippen molar-refractivity contribution in [3.8, 4) is 0 Å². The lowest BCUT2D eigenvalue weighted by Crippen LogP contribution is -2.43. The fourth-order valence-electron chi connectivity index (χ4n) is 2.33. The topological polar surface area (TPSA) is 67.7 Å². The first-order chi connectivity index (χ1) is 9.06. The van der Waals surface area contributed by atoms with E-state index in [4.69, 9.17) is 10.3 Å². The van der Waals surface area contributed by atoms with Gasteiger partial charge in [-0.1, -0.05) is 25.9 Å². The molecule has 1 aliphatic heterocycles. The van der Waals surface area contributed by atoms with Gasteiger partial charge in [0, 0.05) is 19.2 Å². The lowest BCUT2D eigenvalue weighted by Gasteiger charge is -2.31. The minimum absolute atomic E-state index is 0. The summed E-state index contributed by atoms with van der Waals surface area (Å²) in [5.74, 6) is 2.47. The van der Waals surface area contributed by atoms with Crippen molar-refractivity contribution in [2.24, 2.45) is 16.6 Å². The van der Waals surface area contributed by atoms with Crippen molar-refractivity contribution < 1.29 is 4.52 Å². The highest BCUT2D eigenvalue weighted by molar-refractivity contribution is 14.0. The second-order valence-corrected chi connectivity index (χ2v) is 5.74. The Bertz CT molecular complexity index is 444. The van der Waals surface area contributed by atoms with Crippen LogP contribution in [-0.2, 0) is 6.54 Å². The van der Waals surface area contributed by atoms with E-state index in [1.807, 2.05) is 6.07 Å². The number of hydrogen-bond donors (Lipinski definition) is 1. The second kappa shape index (κ2) is 7.85.